The smallest absolute Gasteiger partial charge is 0.251 e. The summed E-state index contributed by atoms with van der Waals surface area (Å²) in [4.78, 5) is 3.52. The fourth-order valence-electron chi connectivity index (χ4n) is 2.46. The molecular weight excluding hydrogens is 301 g/mol. The van der Waals surface area contributed by atoms with Gasteiger partial charge in [-0.05, 0) is 56.6 Å². The van der Waals surface area contributed by atoms with Crippen molar-refractivity contribution in [1.82, 2.24) is 4.98 Å². The molecule has 2 N–H and O–H groups in total. The number of hydrogen-bond donors (Lipinski definition) is 1. The molecular formula is C14H19F3N2OS. The molecule has 0 amide bonds. The molecule has 1 unspecified atom stereocenters. The van der Waals surface area contributed by atoms with Crippen molar-refractivity contribution in [3.05, 3.63) is 29.6 Å². The van der Waals surface area contributed by atoms with E-state index < -0.39 is 27.6 Å². The van der Waals surface area contributed by atoms with E-state index in [2.05, 4.69) is 4.98 Å². The van der Waals surface area contributed by atoms with Crippen molar-refractivity contribution in [3.8, 4) is 0 Å². The number of aromatic nitrogens is 1. The largest absolute Gasteiger partial charge is 0.433 e. The van der Waals surface area contributed by atoms with E-state index in [0.717, 1.165) is 24.5 Å². The van der Waals surface area contributed by atoms with Gasteiger partial charge in [-0.15, -0.1) is 0 Å². The molecule has 0 bridgehead atoms. The monoisotopic (exact) mass is 320 g/mol. The van der Waals surface area contributed by atoms with Gasteiger partial charge in [0.25, 0.3) is 0 Å². The van der Waals surface area contributed by atoms with Gasteiger partial charge < -0.3 is 0 Å². The summed E-state index contributed by atoms with van der Waals surface area (Å²) in [5.74, 6) is 0.480. The zero-order chi connectivity index (χ0) is 15.8. The number of rotatable bonds is 5. The number of halogens is 3. The van der Waals surface area contributed by atoms with Crippen LogP contribution >= 0.6 is 0 Å². The lowest BCUT2D eigenvalue weighted by Gasteiger charge is -2.27. The van der Waals surface area contributed by atoms with E-state index in [9.17, 15) is 17.4 Å². The van der Waals surface area contributed by atoms with E-state index in [1.807, 2.05) is 13.8 Å². The van der Waals surface area contributed by atoms with Crippen LogP contribution in [0.1, 0.15) is 50.3 Å². The van der Waals surface area contributed by atoms with Gasteiger partial charge in [0.05, 0.1) is 15.7 Å². The van der Waals surface area contributed by atoms with Gasteiger partial charge >= 0.3 is 6.18 Å². The van der Waals surface area contributed by atoms with Crippen molar-refractivity contribution < 1.29 is 17.4 Å². The maximum Gasteiger partial charge on any atom is 0.433 e. The van der Waals surface area contributed by atoms with Crippen molar-refractivity contribution in [2.45, 2.75) is 50.0 Å². The quantitative estimate of drug-likeness (QED) is 0.904. The third-order valence-electron chi connectivity index (χ3n) is 3.95. The van der Waals surface area contributed by atoms with E-state index in [4.69, 9.17) is 5.14 Å². The second kappa shape index (κ2) is 5.68. The fraction of sp³-hybridized carbons (Fsp3) is 0.643. The molecule has 2 rings (SSSR count). The first-order valence-electron chi connectivity index (χ1n) is 6.80. The Balaban J connectivity index is 2.21. The summed E-state index contributed by atoms with van der Waals surface area (Å²) < 4.78 is 48.7. The zero-order valence-electron chi connectivity index (χ0n) is 12.0. The Morgan fingerprint density at radius 2 is 2.00 bits per heavy atom. The molecule has 0 aliphatic heterocycles. The Kier molecular flexibility index (Phi) is 4.44. The molecule has 1 aromatic heterocycles. The van der Waals surface area contributed by atoms with Crippen LogP contribution in [0.2, 0.25) is 0 Å². The van der Waals surface area contributed by atoms with Gasteiger partial charge in [-0.25, -0.2) is 4.21 Å². The number of nitrogens with two attached hydrogens (primary N) is 1. The molecule has 3 nitrogen and oxygen atoms in total. The molecule has 0 aromatic carbocycles. The van der Waals surface area contributed by atoms with Crippen molar-refractivity contribution in [2.75, 3.05) is 0 Å². The Labute approximate surface area is 124 Å². The van der Waals surface area contributed by atoms with E-state index in [0.29, 0.717) is 12.3 Å². The predicted molar refractivity (Wildman–Crippen MR) is 75.7 cm³/mol. The van der Waals surface area contributed by atoms with E-state index in [-0.39, 0.29) is 5.92 Å². The maximum absolute atomic E-state index is 12.5. The highest BCUT2D eigenvalue weighted by Gasteiger charge is 2.39. The van der Waals surface area contributed by atoms with E-state index in [1.54, 1.807) is 0 Å². The molecule has 1 fully saturated rings. The van der Waals surface area contributed by atoms with Crippen LogP contribution in [0.3, 0.4) is 0 Å². The van der Waals surface area contributed by atoms with E-state index >= 15 is 0 Å². The van der Waals surface area contributed by atoms with Crippen molar-refractivity contribution >= 4 is 11.0 Å². The molecule has 1 aromatic rings. The van der Waals surface area contributed by atoms with Crippen LogP contribution in [0.25, 0.3) is 0 Å². The highest BCUT2D eigenvalue weighted by atomic mass is 32.2. The minimum Gasteiger partial charge on any atom is -0.251 e. The van der Waals surface area contributed by atoms with Crippen LogP contribution in [0.5, 0.6) is 0 Å². The third kappa shape index (κ3) is 4.03. The first-order chi connectivity index (χ1) is 9.61. The molecule has 21 heavy (non-hydrogen) atoms. The van der Waals surface area contributed by atoms with Gasteiger partial charge in [0.15, 0.2) is 0 Å². The molecule has 1 aliphatic carbocycles. The number of nitrogens with zero attached hydrogens (tertiary/aromatic N) is 1. The average molecular weight is 320 g/mol. The fourth-order valence-corrected chi connectivity index (χ4v) is 2.80. The lowest BCUT2D eigenvalue weighted by Crippen LogP contribution is -2.34. The first kappa shape index (κ1) is 16.4. The summed E-state index contributed by atoms with van der Waals surface area (Å²) >= 11 is 0. The maximum atomic E-state index is 12.5. The second-order valence-electron chi connectivity index (χ2n) is 6.18. The summed E-state index contributed by atoms with van der Waals surface area (Å²) in [6.45, 7) is 3.63. The van der Waals surface area contributed by atoms with Crippen LogP contribution in [0, 0.1) is 5.92 Å². The lowest BCUT2D eigenvalue weighted by atomic mass is 9.87. The highest BCUT2D eigenvalue weighted by molar-refractivity contribution is 7.84. The van der Waals surface area contributed by atoms with Crippen molar-refractivity contribution in [1.29, 1.82) is 0 Å². The average Bonchev–Trinajstić information content (AvgIpc) is 3.19. The molecule has 2 atom stereocenters. The Hall–Kier alpha value is -0.950. The standard InChI is InChI=1S/C14H19F3N2OS/c1-13(2,21(18)20)7-11(9-3-4-9)10-5-6-12(19-8-10)14(15,16)17/h5-6,8-9,11H,3-4,7,18H2,1-2H3/t11-,21?/m0/s1. The van der Waals surface area contributed by atoms with Crippen LogP contribution in [0.4, 0.5) is 13.2 Å². The van der Waals surface area contributed by atoms with Crippen molar-refractivity contribution in [3.63, 3.8) is 0 Å². The molecule has 1 aliphatic rings. The van der Waals surface area contributed by atoms with E-state index in [1.165, 1.54) is 12.3 Å². The van der Waals surface area contributed by atoms with Crippen LogP contribution in [0.15, 0.2) is 18.3 Å². The van der Waals surface area contributed by atoms with Crippen LogP contribution in [-0.2, 0) is 17.2 Å². The minimum absolute atomic E-state index is 0.0577. The summed E-state index contributed by atoms with van der Waals surface area (Å²) in [7, 11) is -1.48. The Morgan fingerprint density at radius 3 is 2.38 bits per heavy atom. The first-order valence-corrected chi connectivity index (χ1v) is 8.02. The lowest BCUT2D eigenvalue weighted by molar-refractivity contribution is -0.141. The minimum atomic E-state index is -4.42. The number of hydrogen-bond acceptors (Lipinski definition) is 2. The normalized spacial score (nSPS) is 19.3. The molecule has 0 radical (unpaired) electrons. The topological polar surface area (TPSA) is 56.0 Å². The summed E-state index contributed by atoms with van der Waals surface area (Å²) in [6, 6.07) is 2.49. The van der Waals surface area contributed by atoms with Gasteiger partial charge in [-0.2, -0.15) is 13.2 Å². The van der Waals surface area contributed by atoms with Gasteiger partial charge in [0.1, 0.15) is 5.69 Å². The molecule has 0 spiro atoms. The summed E-state index contributed by atoms with van der Waals surface area (Å²) in [5.41, 5.74) is -0.119. The van der Waals surface area contributed by atoms with Gasteiger partial charge in [0.2, 0.25) is 0 Å². The highest BCUT2D eigenvalue weighted by Crippen LogP contribution is 2.47. The number of alkyl halides is 3. The molecule has 118 valence electrons. The Bertz CT molecular complexity index is 524. The number of pyridine rings is 1. The molecule has 0 saturated heterocycles. The summed E-state index contributed by atoms with van der Waals surface area (Å²) in [5, 5.41) is 5.51. The molecule has 7 heteroatoms. The predicted octanol–water partition coefficient (Wildman–Crippen LogP) is 3.39. The zero-order valence-corrected chi connectivity index (χ0v) is 12.8. The van der Waals surface area contributed by atoms with Crippen molar-refractivity contribution in [2.24, 2.45) is 11.1 Å². The molecule has 1 saturated carbocycles. The second-order valence-corrected chi connectivity index (χ2v) is 7.88. The van der Waals surface area contributed by atoms with Crippen LogP contribution in [-0.4, -0.2) is 13.9 Å². The van der Waals surface area contributed by atoms with Crippen LogP contribution < -0.4 is 5.14 Å². The van der Waals surface area contributed by atoms with Gasteiger partial charge in [0, 0.05) is 6.20 Å². The molecule has 1 heterocycles. The SMILES string of the molecule is CC(C)(C[C@H](c1ccc(C(F)(F)F)nc1)C1CC1)S(N)=O. The summed E-state index contributed by atoms with van der Waals surface area (Å²) in [6.07, 6.45) is -0.473. The van der Waals surface area contributed by atoms with Gasteiger partial charge in [-0.3, -0.25) is 10.1 Å². The Morgan fingerprint density at radius 1 is 1.38 bits per heavy atom. The third-order valence-corrected chi connectivity index (χ3v) is 5.21. The van der Waals surface area contributed by atoms with Gasteiger partial charge in [-0.1, -0.05) is 6.07 Å².